The molecule has 1 aliphatic rings. The molecule has 1 heterocycles. The van der Waals surface area contributed by atoms with Crippen LogP contribution in [-0.4, -0.2) is 48.3 Å². The summed E-state index contributed by atoms with van der Waals surface area (Å²) < 4.78 is 50.2. The number of para-hydroxylation sites is 2. The molecule has 0 aromatic heterocycles. The third-order valence-corrected chi connectivity index (χ3v) is 7.73. The van der Waals surface area contributed by atoms with Gasteiger partial charge in [-0.05, 0) is 61.5 Å². The molecule has 4 rings (SSSR count). The average molecular weight is 513 g/mol. The highest BCUT2D eigenvalue weighted by Gasteiger charge is 2.38. The zero-order chi connectivity index (χ0) is 25.9. The van der Waals surface area contributed by atoms with Crippen LogP contribution in [-0.2, 0) is 14.8 Å². The maximum atomic E-state index is 13.6. The Morgan fingerprint density at radius 1 is 0.972 bits per heavy atom. The Hall–Kier alpha value is -3.92. The summed E-state index contributed by atoms with van der Waals surface area (Å²) in [6.45, 7) is 1.61. The quantitative estimate of drug-likeness (QED) is 0.492. The second-order valence-electron chi connectivity index (χ2n) is 8.12. The molecular formula is C26H28N2O7S. The lowest BCUT2D eigenvalue weighted by atomic mass is 10.1. The molecular weight excluding hydrogens is 484 g/mol. The summed E-state index contributed by atoms with van der Waals surface area (Å²) in [6.07, 6.45) is -1.08. The van der Waals surface area contributed by atoms with Gasteiger partial charge in [0.1, 0.15) is 23.0 Å². The van der Waals surface area contributed by atoms with Gasteiger partial charge in [0.25, 0.3) is 15.9 Å². The number of anilines is 1. The molecule has 0 saturated carbocycles. The molecule has 36 heavy (non-hydrogen) atoms. The number of nitrogens with one attached hydrogen (secondary N) is 1. The molecule has 190 valence electrons. The largest absolute Gasteiger partial charge is 0.497 e. The zero-order valence-electron chi connectivity index (χ0n) is 20.4. The zero-order valence-corrected chi connectivity index (χ0v) is 21.2. The number of carbonyl (C=O) groups is 1. The van der Waals surface area contributed by atoms with Gasteiger partial charge in [-0.15, -0.1) is 0 Å². The smallest absolute Gasteiger partial charge is 0.264 e. The van der Waals surface area contributed by atoms with Gasteiger partial charge < -0.3 is 24.3 Å². The first kappa shape index (κ1) is 25.2. The van der Waals surface area contributed by atoms with Gasteiger partial charge in [0.2, 0.25) is 0 Å². The lowest BCUT2D eigenvalue weighted by molar-refractivity contribution is -0.128. The molecule has 9 nitrogen and oxygen atoms in total. The van der Waals surface area contributed by atoms with E-state index in [1.807, 2.05) is 0 Å². The van der Waals surface area contributed by atoms with E-state index < -0.39 is 28.1 Å². The van der Waals surface area contributed by atoms with Crippen molar-refractivity contribution in [3.05, 3.63) is 72.3 Å². The number of fused-ring (bicyclic) bond motifs is 1. The van der Waals surface area contributed by atoms with Crippen LogP contribution in [0.1, 0.15) is 18.5 Å². The highest BCUT2D eigenvalue weighted by molar-refractivity contribution is 7.92. The van der Waals surface area contributed by atoms with Crippen LogP contribution in [0.25, 0.3) is 0 Å². The highest BCUT2D eigenvalue weighted by Crippen LogP contribution is 2.37. The number of ether oxygens (including phenoxy) is 4. The van der Waals surface area contributed by atoms with E-state index in [-0.39, 0.29) is 11.4 Å². The lowest BCUT2D eigenvalue weighted by Gasteiger charge is -2.35. The Kier molecular flexibility index (Phi) is 7.25. The minimum atomic E-state index is -3.99. The van der Waals surface area contributed by atoms with Crippen LogP contribution in [0.5, 0.6) is 23.0 Å². The lowest BCUT2D eigenvalue weighted by Crippen LogP contribution is -2.51. The van der Waals surface area contributed by atoms with Crippen molar-refractivity contribution in [1.29, 1.82) is 0 Å². The van der Waals surface area contributed by atoms with Crippen LogP contribution in [0.15, 0.2) is 71.6 Å². The van der Waals surface area contributed by atoms with E-state index in [1.165, 1.54) is 23.5 Å². The van der Waals surface area contributed by atoms with Gasteiger partial charge in [-0.2, -0.15) is 0 Å². The molecule has 3 aromatic rings. The number of hydrogen-bond donors (Lipinski definition) is 1. The standard InChI is InChI=1S/C26H28N2O7S/c1-17(21-15-19(33-3)11-14-23(21)34-4)27-26(29)25-16-28(22-7-5-6-8-24(22)35-25)36(30,31)20-12-9-18(32-2)10-13-20/h5-15,17,25H,16H2,1-4H3,(H,27,29). The molecule has 3 aromatic carbocycles. The Labute approximate surface area is 210 Å². The van der Waals surface area contributed by atoms with Gasteiger partial charge in [0, 0.05) is 5.56 Å². The summed E-state index contributed by atoms with van der Waals surface area (Å²) in [5, 5.41) is 2.91. The van der Waals surface area contributed by atoms with Gasteiger partial charge in [0.15, 0.2) is 6.10 Å². The minimum Gasteiger partial charge on any atom is -0.497 e. The fraction of sp³-hybridized carbons (Fsp3) is 0.269. The van der Waals surface area contributed by atoms with Crippen LogP contribution in [0.2, 0.25) is 0 Å². The van der Waals surface area contributed by atoms with Crippen molar-refractivity contribution in [3.63, 3.8) is 0 Å². The van der Waals surface area contributed by atoms with Crippen LogP contribution < -0.4 is 28.6 Å². The number of hydrogen-bond acceptors (Lipinski definition) is 7. The Morgan fingerprint density at radius 2 is 1.64 bits per heavy atom. The van der Waals surface area contributed by atoms with E-state index in [0.717, 1.165) is 0 Å². The molecule has 0 aliphatic carbocycles. The summed E-state index contributed by atoms with van der Waals surface area (Å²) >= 11 is 0. The minimum absolute atomic E-state index is 0.0775. The number of nitrogens with zero attached hydrogens (tertiary/aromatic N) is 1. The average Bonchev–Trinajstić information content (AvgIpc) is 2.91. The maximum absolute atomic E-state index is 13.6. The summed E-state index contributed by atoms with van der Waals surface area (Å²) in [6, 6.07) is 17.7. The van der Waals surface area contributed by atoms with Crippen molar-refractivity contribution in [2.24, 2.45) is 0 Å². The first-order valence-electron chi connectivity index (χ1n) is 11.2. The van der Waals surface area contributed by atoms with Gasteiger partial charge >= 0.3 is 0 Å². The fourth-order valence-electron chi connectivity index (χ4n) is 4.00. The van der Waals surface area contributed by atoms with Crippen LogP contribution in [0.4, 0.5) is 5.69 Å². The third-order valence-electron chi connectivity index (χ3n) is 5.94. The van der Waals surface area contributed by atoms with Gasteiger partial charge in [-0.1, -0.05) is 12.1 Å². The molecule has 1 aliphatic heterocycles. The molecule has 0 radical (unpaired) electrons. The summed E-state index contributed by atoms with van der Waals surface area (Å²) in [7, 11) is 0.621. The van der Waals surface area contributed by atoms with E-state index in [9.17, 15) is 13.2 Å². The number of amides is 1. The highest BCUT2D eigenvalue weighted by atomic mass is 32.2. The maximum Gasteiger partial charge on any atom is 0.264 e. The molecule has 0 spiro atoms. The number of carbonyl (C=O) groups excluding carboxylic acids is 1. The molecule has 10 heteroatoms. The number of methoxy groups -OCH3 is 3. The second-order valence-corrected chi connectivity index (χ2v) is 9.99. The Balaban J connectivity index is 1.61. The molecule has 0 saturated heterocycles. The van der Waals surface area contributed by atoms with E-state index in [4.69, 9.17) is 18.9 Å². The van der Waals surface area contributed by atoms with Crippen molar-refractivity contribution < 1.29 is 32.2 Å². The predicted octanol–water partition coefficient (Wildman–Crippen LogP) is 3.55. The first-order valence-corrected chi connectivity index (χ1v) is 12.7. The monoisotopic (exact) mass is 512 g/mol. The van der Waals surface area contributed by atoms with Crippen LogP contribution >= 0.6 is 0 Å². The molecule has 1 amide bonds. The molecule has 2 unspecified atom stereocenters. The van der Waals surface area contributed by atoms with Crippen molar-refractivity contribution in [2.45, 2.75) is 24.0 Å². The van der Waals surface area contributed by atoms with Crippen molar-refractivity contribution in [2.75, 3.05) is 32.2 Å². The van der Waals surface area contributed by atoms with E-state index in [0.29, 0.717) is 34.2 Å². The fourth-order valence-corrected chi connectivity index (χ4v) is 5.48. The first-order chi connectivity index (χ1) is 17.3. The summed E-state index contributed by atoms with van der Waals surface area (Å²) in [4.78, 5) is 13.4. The number of sulfonamides is 1. The second kappa shape index (κ2) is 10.4. The predicted molar refractivity (Wildman–Crippen MR) is 134 cm³/mol. The Bertz CT molecular complexity index is 1340. The van der Waals surface area contributed by atoms with Gasteiger partial charge in [0.05, 0.1) is 44.5 Å². The van der Waals surface area contributed by atoms with E-state index in [1.54, 1.807) is 75.7 Å². The van der Waals surface area contributed by atoms with Crippen molar-refractivity contribution in [1.82, 2.24) is 5.32 Å². The SMILES string of the molecule is COc1ccc(S(=O)(=O)N2CC(C(=O)NC(C)c3cc(OC)ccc3OC)Oc3ccccc32)cc1. The number of benzene rings is 3. The van der Waals surface area contributed by atoms with Gasteiger partial charge in [-0.3, -0.25) is 9.10 Å². The summed E-state index contributed by atoms with van der Waals surface area (Å²) in [5.41, 5.74) is 1.07. The molecule has 0 bridgehead atoms. The molecule has 2 atom stereocenters. The summed E-state index contributed by atoms with van der Waals surface area (Å²) in [5.74, 6) is 1.58. The topological polar surface area (TPSA) is 103 Å². The van der Waals surface area contributed by atoms with E-state index in [2.05, 4.69) is 5.32 Å². The third kappa shape index (κ3) is 4.90. The number of rotatable bonds is 8. The normalized spacial score (nSPS) is 15.8. The molecule has 1 N–H and O–H groups in total. The van der Waals surface area contributed by atoms with Crippen molar-refractivity contribution in [3.8, 4) is 23.0 Å². The van der Waals surface area contributed by atoms with Gasteiger partial charge in [-0.25, -0.2) is 8.42 Å². The molecule has 0 fully saturated rings. The Morgan fingerprint density at radius 3 is 2.31 bits per heavy atom. The van der Waals surface area contributed by atoms with Crippen LogP contribution in [0, 0.1) is 0 Å². The van der Waals surface area contributed by atoms with Crippen LogP contribution in [0.3, 0.4) is 0 Å². The van der Waals surface area contributed by atoms with Crippen molar-refractivity contribution >= 4 is 21.6 Å². The van der Waals surface area contributed by atoms with E-state index >= 15 is 0 Å².